The molecule has 0 spiro atoms. The van der Waals surface area contributed by atoms with Gasteiger partial charge in [0.15, 0.2) is 0 Å². The minimum atomic E-state index is -0.259. The van der Waals surface area contributed by atoms with E-state index in [4.69, 9.17) is 9.47 Å². The Morgan fingerprint density at radius 3 is 2.43 bits per heavy atom. The minimum absolute atomic E-state index is 0.117. The van der Waals surface area contributed by atoms with Crippen LogP contribution in [0.2, 0.25) is 0 Å². The number of amides is 1. The Kier molecular flexibility index (Phi) is 10.2. The molecule has 2 saturated heterocycles. The minimum Gasteiger partial charge on any atom is -0.381 e. The van der Waals surface area contributed by atoms with Crippen LogP contribution in [0.4, 0.5) is 11.4 Å². The van der Waals surface area contributed by atoms with Crippen LogP contribution in [0.1, 0.15) is 58.1 Å². The highest BCUT2D eigenvalue weighted by atomic mass is 16.5. The Hall–Kier alpha value is -3.86. The van der Waals surface area contributed by atoms with Crippen LogP contribution in [-0.4, -0.2) is 67.9 Å². The molecular formula is C34H43N5O5. The van der Waals surface area contributed by atoms with Crippen molar-refractivity contribution in [1.82, 2.24) is 15.2 Å². The van der Waals surface area contributed by atoms with Crippen molar-refractivity contribution in [3.8, 4) is 11.1 Å². The molecule has 10 heteroatoms. The second-order valence-electron chi connectivity index (χ2n) is 11.7. The molecule has 2 N–H and O–H groups in total. The summed E-state index contributed by atoms with van der Waals surface area (Å²) in [5.74, 6) is -0.259. The molecular weight excluding hydrogens is 558 g/mol. The number of anilines is 1. The number of morpholine rings is 1. The molecule has 44 heavy (non-hydrogen) atoms. The Morgan fingerprint density at radius 1 is 1.02 bits per heavy atom. The normalized spacial score (nSPS) is 16.1. The number of nitrogens with one attached hydrogen (secondary N) is 2. The molecule has 234 valence electrons. The summed E-state index contributed by atoms with van der Waals surface area (Å²) in [5, 5.41) is 6.38. The fourth-order valence-electron chi connectivity index (χ4n) is 6.35. The molecule has 0 saturated carbocycles. The van der Waals surface area contributed by atoms with Crippen LogP contribution < -0.4 is 15.8 Å². The molecule has 0 radical (unpaired) electrons. The number of carbonyl (C=O) groups excluding carboxylic acids is 1. The number of carbonyl (C=O) groups is 1. The van der Waals surface area contributed by atoms with Gasteiger partial charge in [0.1, 0.15) is 5.69 Å². The molecule has 0 aliphatic carbocycles. The number of hydrogen-bond acceptors (Lipinski definition) is 8. The Bertz CT molecular complexity index is 1560. The number of hydrogen-bond donors (Lipinski definition) is 2. The standard InChI is InChI=1S/C34H43N5O5/c1-5-39(28-8-12-43-13-9-28)32-19-27(25-6-7-26(31(18-25)37-42)21-38-10-14-44-15-11-38)17-29(24(32)4)33(40)35-20-30-22(2)16-23(3)36-34(30)41/h6-7,16-19,28H,5,8-15,20-21H2,1-4H3,(H,35,40)(H,36,41). The lowest BCUT2D eigenvalue weighted by Gasteiger charge is -2.37. The van der Waals surface area contributed by atoms with E-state index in [1.807, 2.05) is 51.1 Å². The van der Waals surface area contributed by atoms with E-state index < -0.39 is 0 Å². The zero-order chi connectivity index (χ0) is 31.2. The van der Waals surface area contributed by atoms with E-state index in [0.29, 0.717) is 49.8 Å². The molecule has 2 fully saturated rings. The lowest BCUT2D eigenvalue weighted by molar-refractivity contribution is 0.0342. The lowest BCUT2D eigenvalue weighted by atomic mass is 9.94. The smallest absolute Gasteiger partial charge is 0.253 e. The SMILES string of the molecule is CCN(c1cc(-c2ccc(CN3CCOCC3)c(N=O)c2)cc(C(=O)NCc2c(C)cc(C)[nH]c2=O)c1C)C1CCOCC1. The number of aromatic amines is 1. The van der Waals surface area contributed by atoms with E-state index >= 15 is 0 Å². The number of nitroso groups, excluding NO2 is 1. The first-order valence-electron chi connectivity index (χ1n) is 15.5. The van der Waals surface area contributed by atoms with Gasteiger partial charge in [-0.15, -0.1) is 4.91 Å². The average Bonchev–Trinajstić information content (AvgIpc) is 3.03. The van der Waals surface area contributed by atoms with Crippen molar-refractivity contribution in [2.75, 3.05) is 51.0 Å². The Morgan fingerprint density at radius 2 is 1.75 bits per heavy atom. The van der Waals surface area contributed by atoms with Crippen molar-refractivity contribution < 1.29 is 14.3 Å². The summed E-state index contributed by atoms with van der Waals surface area (Å²) in [5.41, 5.74) is 7.23. The van der Waals surface area contributed by atoms with Crippen LogP contribution in [0.5, 0.6) is 0 Å². The molecule has 0 unspecified atom stereocenters. The van der Waals surface area contributed by atoms with E-state index in [1.165, 1.54) is 0 Å². The van der Waals surface area contributed by atoms with Crippen LogP contribution in [0, 0.1) is 25.7 Å². The molecule has 1 aromatic heterocycles. The highest BCUT2D eigenvalue weighted by Crippen LogP contribution is 2.36. The summed E-state index contributed by atoms with van der Waals surface area (Å²) >= 11 is 0. The van der Waals surface area contributed by atoms with Gasteiger partial charge in [-0.1, -0.05) is 12.1 Å². The van der Waals surface area contributed by atoms with Crippen LogP contribution >= 0.6 is 0 Å². The third-order valence-corrected chi connectivity index (χ3v) is 8.84. The van der Waals surface area contributed by atoms with Gasteiger partial charge in [-0.05, 0) is 97.8 Å². The molecule has 2 aromatic carbocycles. The molecule has 10 nitrogen and oxygen atoms in total. The van der Waals surface area contributed by atoms with Gasteiger partial charge in [-0.2, -0.15) is 0 Å². The fourth-order valence-corrected chi connectivity index (χ4v) is 6.35. The second-order valence-corrected chi connectivity index (χ2v) is 11.7. The Labute approximate surface area is 258 Å². The summed E-state index contributed by atoms with van der Waals surface area (Å²) in [6, 6.07) is 12.0. The van der Waals surface area contributed by atoms with Gasteiger partial charge in [0.2, 0.25) is 0 Å². The number of pyridine rings is 1. The predicted molar refractivity (Wildman–Crippen MR) is 173 cm³/mol. The van der Waals surface area contributed by atoms with Crippen molar-refractivity contribution in [1.29, 1.82) is 0 Å². The first kappa shape index (κ1) is 31.6. The molecule has 1 amide bonds. The van der Waals surface area contributed by atoms with E-state index in [2.05, 4.69) is 38.3 Å². The zero-order valence-electron chi connectivity index (χ0n) is 26.2. The van der Waals surface area contributed by atoms with Gasteiger partial charge in [0, 0.05) is 74.5 Å². The van der Waals surface area contributed by atoms with Crippen molar-refractivity contribution >= 4 is 17.3 Å². The molecule has 5 rings (SSSR count). The van der Waals surface area contributed by atoms with Gasteiger partial charge in [0.25, 0.3) is 11.5 Å². The first-order valence-corrected chi connectivity index (χ1v) is 15.5. The molecule has 0 bridgehead atoms. The molecule has 2 aliphatic heterocycles. The number of benzene rings is 2. The van der Waals surface area contributed by atoms with Gasteiger partial charge < -0.3 is 24.7 Å². The number of ether oxygens (including phenoxy) is 2. The Balaban J connectivity index is 1.52. The number of aryl methyl sites for hydroxylation is 2. The van der Waals surface area contributed by atoms with Crippen molar-refractivity contribution in [2.45, 2.75) is 59.7 Å². The fraction of sp³-hybridized carbons (Fsp3) is 0.471. The summed E-state index contributed by atoms with van der Waals surface area (Å²) in [7, 11) is 0. The van der Waals surface area contributed by atoms with Crippen LogP contribution in [0.25, 0.3) is 11.1 Å². The second kappa shape index (κ2) is 14.3. The number of H-pyrrole nitrogens is 1. The number of rotatable bonds is 10. The third kappa shape index (κ3) is 7.09. The largest absolute Gasteiger partial charge is 0.381 e. The summed E-state index contributed by atoms with van der Waals surface area (Å²) in [6.07, 6.45) is 1.81. The van der Waals surface area contributed by atoms with Gasteiger partial charge in [0.05, 0.1) is 13.2 Å². The molecule has 3 aromatic rings. The quantitative estimate of drug-likeness (QED) is 0.310. The third-order valence-electron chi connectivity index (χ3n) is 8.84. The highest BCUT2D eigenvalue weighted by Gasteiger charge is 2.25. The van der Waals surface area contributed by atoms with Crippen molar-refractivity contribution in [2.24, 2.45) is 5.18 Å². The number of nitrogens with zero attached hydrogens (tertiary/aromatic N) is 3. The molecule has 0 atom stereocenters. The first-order chi connectivity index (χ1) is 21.3. The van der Waals surface area contributed by atoms with E-state index in [1.54, 1.807) is 0 Å². The highest BCUT2D eigenvalue weighted by molar-refractivity contribution is 5.99. The van der Waals surface area contributed by atoms with Crippen LogP contribution in [0.3, 0.4) is 0 Å². The summed E-state index contributed by atoms with van der Waals surface area (Å²) < 4.78 is 11.1. The topological polar surface area (TPSA) is 116 Å². The average molecular weight is 602 g/mol. The summed E-state index contributed by atoms with van der Waals surface area (Å²) in [6.45, 7) is 13.7. The predicted octanol–water partition coefficient (Wildman–Crippen LogP) is 5.13. The number of aromatic nitrogens is 1. The lowest BCUT2D eigenvalue weighted by Crippen LogP contribution is -2.40. The van der Waals surface area contributed by atoms with E-state index in [9.17, 15) is 14.5 Å². The van der Waals surface area contributed by atoms with Gasteiger partial charge >= 0.3 is 0 Å². The van der Waals surface area contributed by atoms with Crippen molar-refractivity contribution in [3.05, 3.63) is 85.2 Å². The van der Waals surface area contributed by atoms with Crippen LogP contribution in [-0.2, 0) is 22.6 Å². The van der Waals surface area contributed by atoms with Crippen molar-refractivity contribution in [3.63, 3.8) is 0 Å². The molecule has 2 aliphatic rings. The van der Waals surface area contributed by atoms with Gasteiger partial charge in [-0.3, -0.25) is 14.5 Å². The zero-order valence-corrected chi connectivity index (χ0v) is 26.2. The summed E-state index contributed by atoms with van der Waals surface area (Å²) in [4.78, 5) is 45.9. The maximum Gasteiger partial charge on any atom is 0.253 e. The monoisotopic (exact) mass is 601 g/mol. The van der Waals surface area contributed by atoms with E-state index in [-0.39, 0.29) is 24.1 Å². The van der Waals surface area contributed by atoms with Gasteiger partial charge in [-0.25, -0.2) is 0 Å². The van der Waals surface area contributed by atoms with Crippen LogP contribution in [0.15, 0.2) is 46.4 Å². The molecule has 3 heterocycles. The maximum absolute atomic E-state index is 13.8. The van der Waals surface area contributed by atoms with E-state index in [0.717, 1.165) is 71.7 Å². The maximum atomic E-state index is 13.8.